The van der Waals surface area contributed by atoms with Gasteiger partial charge in [0.1, 0.15) is 36.1 Å². The number of aromatic hydroxyl groups is 1. The van der Waals surface area contributed by atoms with Gasteiger partial charge in [-0.3, -0.25) is 4.99 Å². The van der Waals surface area contributed by atoms with E-state index in [-0.39, 0.29) is 11.6 Å². The Hall–Kier alpha value is -3.72. The van der Waals surface area contributed by atoms with Gasteiger partial charge in [0.15, 0.2) is 5.75 Å². The molecule has 2 heterocycles. The van der Waals surface area contributed by atoms with Crippen molar-refractivity contribution < 1.29 is 19.3 Å². The number of fused-ring (bicyclic) bond motifs is 1. The normalized spacial score (nSPS) is 11.4. The molecule has 2 aromatic heterocycles. The van der Waals surface area contributed by atoms with Crippen molar-refractivity contribution in [3.05, 3.63) is 48.9 Å². The van der Waals surface area contributed by atoms with Crippen molar-refractivity contribution in [1.29, 1.82) is 0 Å². The molecule has 0 aliphatic heterocycles. The van der Waals surface area contributed by atoms with Crippen molar-refractivity contribution in [1.82, 2.24) is 15.0 Å². The van der Waals surface area contributed by atoms with Gasteiger partial charge in [0.2, 0.25) is 0 Å². The third-order valence-electron chi connectivity index (χ3n) is 4.31. The maximum atomic E-state index is 10.3. The van der Waals surface area contributed by atoms with E-state index in [0.29, 0.717) is 42.3 Å². The average Bonchev–Trinajstić information content (AvgIpc) is 2.85. The van der Waals surface area contributed by atoms with Crippen LogP contribution in [-0.4, -0.2) is 53.3 Å². The number of hydrogen-bond acceptors (Lipinski definition) is 8. The van der Waals surface area contributed by atoms with Crippen LogP contribution >= 0.6 is 0 Å². The minimum Gasteiger partial charge on any atom is -0.503 e. The van der Waals surface area contributed by atoms with Crippen LogP contribution in [0.2, 0.25) is 0 Å². The SMILES string of the molecule is CC.CN=C(/C=C\C(C)C)Nc1ncnc2ccc(Oc3ncc(OCCOC)cc3O)cc12. The first-order valence-electron chi connectivity index (χ1n) is 11.2. The Kier molecular flexibility index (Phi) is 10.7. The smallest absolute Gasteiger partial charge is 0.262 e. The molecule has 0 amide bonds. The largest absolute Gasteiger partial charge is 0.503 e. The molecule has 9 heteroatoms. The number of ether oxygens (including phenoxy) is 3. The lowest BCUT2D eigenvalue weighted by Gasteiger charge is -2.11. The predicted octanol–water partition coefficient (Wildman–Crippen LogP) is 5.23. The van der Waals surface area contributed by atoms with Crippen LogP contribution in [0.5, 0.6) is 23.1 Å². The molecule has 9 nitrogen and oxygen atoms in total. The Labute approximate surface area is 200 Å². The highest BCUT2D eigenvalue weighted by Gasteiger charge is 2.11. The first kappa shape index (κ1) is 26.5. The van der Waals surface area contributed by atoms with Gasteiger partial charge in [-0.25, -0.2) is 15.0 Å². The van der Waals surface area contributed by atoms with Crippen molar-refractivity contribution in [2.75, 3.05) is 32.7 Å². The van der Waals surface area contributed by atoms with Crippen LogP contribution in [0.15, 0.2) is 53.9 Å². The van der Waals surface area contributed by atoms with E-state index in [9.17, 15) is 5.11 Å². The molecule has 0 saturated carbocycles. The summed E-state index contributed by atoms with van der Waals surface area (Å²) in [6.45, 7) is 8.98. The van der Waals surface area contributed by atoms with Gasteiger partial charge >= 0.3 is 0 Å². The van der Waals surface area contributed by atoms with Crippen molar-refractivity contribution >= 4 is 22.6 Å². The molecule has 0 aliphatic carbocycles. The maximum Gasteiger partial charge on any atom is 0.262 e. The Morgan fingerprint density at radius 3 is 2.59 bits per heavy atom. The predicted molar refractivity (Wildman–Crippen MR) is 135 cm³/mol. The van der Waals surface area contributed by atoms with Gasteiger partial charge in [-0.2, -0.15) is 0 Å². The number of rotatable bonds is 9. The third-order valence-corrected chi connectivity index (χ3v) is 4.31. The number of benzene rings is 1. The quantitative estimate of drug-likeness (QED) is 0.250. The number of aliphatic imine (C=N–C) groups is 1. The van der Waals surface area contributed by atoms with E-state index in [1.54, 1.807) is 26.3 Å². The molecule has 0 spiro atoms. The first-order chi connectivity index (χ1) is 16.5. The van der Waals surface area contributed by atoms with Gasteiger partial charge in [0, 0.05) is 25.6 Å². The molecular formula is C25H33N5O4. The van der Waals surface area contributed by atoms with E-state index in [0.717, 1.165) is 10.9 Å². The molecule has 0 aliphatic rings. The number of pyridine rings is 1. The summed E-state index contributed by atoms with van der Waals surface area (Å²) < 4.78 is 16.2. The molecule has 0 bridgehead atoms. The van der Waals surface area contributed by atoms with Crippen molar-refractivity contribution in [3.8, 4) is 23.1 Å². The van der Waals surface area contributed by atoms with Gasteiger partial charge in [-0.1, -0.05) is 33.8 Å². The molecule has 1 aromatic carbocycles. The molecule has 0 unspecified atom stereocenters. The zero-order valence-electron chi connectivity index (χ0n) is 20.6. The van der Waals surface area contributed by atoms with Crippen LogP contribution in [0.1, 0.15) is 27.7 Å². The molecule has 3 rings (SSSR count). The monoisotopic (exact) mass is 467 g/mol. The zero-order chi connectivity index (χ0) is 24.9. The van der Waals surface area contributed by atoms with Crippen LogP contribution in [0.3, 0.4) is 0 Å². The van der Waals surface area contributed by atoms with Gasteiger partial charge in [0.05, 0.1) is 18.3 Å². The Bertz CT molecular complexity index is 1120. The topological polar surface area (TPSA) is 111 Å². The van der Waals surface area contributed by atoms with Crippen LogP contribution in [0.4, 0.5) is 5.82 Å². The van der Waals surface area contributed by atoms with E-state index >= 15 is 0 Å². The first-order valence-corrected chi connectivity index (χ1v) is 11.2. The molecule has 2 N–H and O–H groups in total. The van der Waals surface area contributed by atoms with E-state index in [1.165, 1.54) is 18.6 Å². The third kappa shape index (κ3) is 7.70. The molecular weight excluding hydrogens is 434 g/mol. The van der Waals surface area contributed by atoms with Gasteiger partial charge in [-0.05, 0) is 30.2 Å². The summed E-state index contributed by atoms with van der Waals surface area (Å²) in [7, 11) is 3.30. The summed E-state index contributed by atoms with van der Waals surface area (Å²) in [5.74, 6) is 2.48. The highest BCUT2D eigenvalue weighted by atomic mass is 16.5. The number of hydrogen-bond donors (Lipinski definition) is 2. The summed E-state index contributed by atoms with van der Waals surface area (Å²) in [6, 6.07) is 6.78. The maximum absolute atomic E-state index is 10.3. The second-order valence-electron chi connectivity index (χ2n) is 7.18. The molecule has 34 heavy (non-hydrogen) atoms. The van der Waals surface area contributed by atoms with E-state index in [4.69, 9.17) is 14.2 Å². The molecule has 182 valence electrons. The molecule has 3 aromatic rings. The van der Waals surface area contributed by atoms with Crippen molar-refractivity contribution in [2.45, 2.75) is 27.7 Å². The highest BCUT2D eigenvalue weighted by Crippen LogP contribution is 2.33. The molecule has 0 saturated heterocycles. The van der Waals surface area contributed by atoms with Crippen LogP contribution in [0, 0.1) is 5.92 Å². The second kappa shape index (κ2) is 13.7. The minimum atomic E-state index is -0.137. The minimum absolute atomic E-state index is 0.0606. The fourth-order valence-corrected chi connectivity index (χ4v) is 2.71. The summed E-state index contributed by atoms with van der Waals surface area (Å²) in [4.78, 5) is 17.1. The average molecular weight is 468 g/mol. The lowest BCUT2D eigenvalue weighted by molar-refractivity contribution is 0.146. The van der Waals surface area contributed by atoms with E-state index in [2.05, 4.69) is 39.1 Å². The number of methoxy groups -OCH3 is 1. The van der Waals surface area contributed by atoms with Gasteiger partial charge in [0.25, 0.3) is 5.88 Å². The van der Waals surface area contributed by atoms with E-state index < -0.39 is 0 Å². The number of amidine groups is 1. The Balaban J connectivity index is 0.00000199. The highest BCUT2D eigenvalue weighted by molar-refractivity contribution is 6.07. The summed E-state index contributed by atoms with van der Waals surface area (Å²) in [5, 5.41) is 14.2. The van der Waals surface area contributed by atoms with E-state index in [1.807, 2.05) is 32.1 Å². The van der Waals surface area contributed by atoms with Crippen LogP contribution in [-0.2, 0) is 4.74 Å². The fraction of sp³-hybridized carbons (Fsp3) is 0.360. The molecule has 0 atom stereocenters. The number of anilines is 1. The number of nitrogens with zero attached hydrogens (tertiary/aromatic N) is 4. The summed E-state index contributed by atoms with van der Waals surface area (Å²) in [6.07, 6.45) is 6.93. The van der Waals surface area contributed by atoms with Crippen molar-refractivity contribution in [2.24, 2.45) is 10.9 Å². The van der Waals surface area contributed by atoms with Crippen molar-refractivity contribution in [3.63, 3.8) is 0 Å². The summed E-state index contributed by atoms with van der Waals surface area (Å²) >= 11 is 0. The van der Waals surface area contributed by atoms with Gasteiger partial charge < -0.3 is 24.6 Å². The lowest BCUT2D eigenvalue weighted by atomic mass is 10.2. The molecule has 0 radical (unpaired) electrons. The summed E-state index contributed by atoms with van der Waals surface area (Å²) in [5.41, 5.74) is 0.734. The Morgan fingerprint density at radius 2 is 1.91 bits per heavy atom. The molecule has 0 fully saturated rings. The standard InChI is InChI=1S/C23H27N5O4.C2H6/c1-15(2)5-8-21(24-3)28-22-18-11-16(6-7-19(18)26-14-27-22)32-23-20(29)12-17(13-25-23)31-10-9-30-4;1-2/h5-8,11-15,29H,9-10H2,1-4H3,(H,24,26,27,28);1-2H3/b8-5-;. The van der Waals surface area contributed by atoms with Gasteiger partial charge in [-0.15, -0.1) is 0 Å². The number of nitrogens with one attached hydrogen (secondary N) is 1. The number of aromatic nitrogens is 3. The zero-order valence-corrected chi connectivity index (χ0v) is 20.6. The van der Waals surface area contributed by atoms with Crippen LogP contribution in [0.25, 0.3) is 10.9 Å². The second-order valence-corrected chi connectivity index (χ2v) is 7.18. The number of allylic oxidation sites excluding steroid dienone is 1. The van der Waals surface area contributed by atoms with Crippen LogP contribution < -0.4 is 14.8 Å². The fourth-order valence-electron chi connectivity index (χ4n) is 2.71. The lowest BCUT2D eigenvalue weighted by Crippen LogP contribution is -2.11. The Morgan fingerprint density at radius 1 is 1.12 bits per heavy atom.